The molecule has 2 aliphatic carbocycles. The molecule has 8 heteroatoms. The number of hydrogen-bond acceptors (Lipinski definition) is 5. The highest BCUT2D eigenvalue weighted by Gasteiger charge is 2.26. The molecule has 5 rings (SSSR count). The van der Waals surface area contributed by atoms with Gasteiger partial charge in [0.2, 0.25) is 0 Å². The van der Waals surface area contributed by atoms with Crippen LogP contribution in [0.5, 0.6) is 0 Å². The predicted octanol–water partition coefficient (Wildman–Crippen LogP) is 2.78. The Kier molecular flexibility index (Phi) is 5.20. The molecule has 0 bridgehead atoms. The fourth-order valence-electron chi connectivity index (χ4n) is 3.65. The third-order valence-electron chi connectivity index (χ3n) is 5.96. The molecule has 0 saturated heterocycles. The number of nitrogens with two attached hydrogens (primary N) is 1. The number of ketones is 1. The average molecular weight is 444 g/mol. The van der Waals surface area contributed by atoms with Crippen LogP contribution in [0.25, 0.3) is 5.69 Å². The fraction of sp³-hybridized carbons (Fsp3) is 0.280. The van der Waals surface area contributed by atoms with Gasteiger partial charge in [0.1, 0.15) is 5.82 Å². The number of aromatic nitrogens is 2. The molecule has 3 aromatic rings. The third kappa shape index (κ3) is 4.37. The summed E-state index contributed by atoms with van der Waals surface area (Å²) in [5.74, 6) is -0.467. The largest absolute Gasteiger partial charge is 0.383 e. The second-order valence-electron chi connectivity index (χ2n) is 8.76. The zero-order valence-corrected chi connectivity index (χ0v) is 18.3. The maximum Gasteiger partial charge on any atom is 0.251 e. The van der Waals surface area contributed by atoms with Crippen LogP contribution in [0.2, 0.25) is 0 Å². The summed E-state index contributed by atoms with van der Waals surface area (Å²) in [4.78, 5) is 38.0. The van der Waals surface area contributed by atoms with Gasteiger partial charge in [-0.25, -0.2) is 4.68 Å². The highest BCUT2D eigenvalue weighted by molar-refractivity contribution is 6.12. The lowest BCUT2D eigenvalue weighted by Gasteiger charge is -2.11. The molecule has 2 aliphatic rings. The van der Waals surface area contributed by atoms with Crippen LogP contribution in [-0.4, -0.2) is 39.5 Å². The van der Waals surface area contributed by atoms with Gasteiger partial charge in [-0.05, 0) is 62.4 Å². The average Bonchev–Trinajstić information content (AvgIpc) is 3.75. The lowest BCUT2D eigenvalue weighted by atomic mass is 10.0. The topological polar surface area (TPSA) is 119 Å². The van der Waals surface area contributed by atoms with Crippen LogP contribution in [0, 0.1) is 6.92 Å². The summed E-state index contributed by atoms with van der Waals surface area (Å²) in [5, 5.41) is 10.2. The number of amides is 2. The molecular formula is C25H25N5O3. The maximum atomic E-state index is 13.2. The second kappa shape index (κ2) is 8.20. The Labute approximate surface area is 191 Å². The molecule has 0 spiro atoms. The van der Waals surface area contributed by atoms with Gasteiger partial charge in [-0.1, -0.05) is 18.2 Å². The predicted molar refractivity (Wildman–Crippen MR) is 124 cm³/mol. The van der Waals surface area contributed by atoms with Crippen molar-refractivity contribution in [2.45, 2.75) is 44.7 Å². The summed E-state index contributed by atoms with van der Waals surface area (Å²) in [7, 11) is 0. The van der Waals surface area contributed by atoms with Crippen molar-refractivity contribution >= 4 is 23.4 Å². The molecule has 8 nitrogen and oxygen atoms in total. The van der Waals surface area contributed by atoms with Gasteiger partial charge >= 0.3 is 0 Å². The van der Waals surface area contributed by atoms with Gasteiger partial charge in [0, 0.05) is 28.8 Å². The number of nitrogen functional groups attached to an aromatic ring is 1. The summed E-state index contributed by atoms with van der Waals surface area (Å²) in [6.07, 6.45) is 5.41. The minimum Gasteiger partial charge on any atom is -0.383 e. The van der Waals surface area contributed by atoms with Crippen molar-refractivity contribution < 1.29 is 14.4 Å². The minimum absolute atomic E-state index is 0.137. The van der Waals surface area contributed by atoms with Gasteiger partial charge in [0.25, 0.3) is 11.8 Å². The monoisotopic (exact) mass is 443 g/mol. The molecule has 33 heavy (non-hydrogen) atoms. The van der Waals surface area contributed by atoms with Gasteiger partial charge in [-0.2, -0.15) is 5.10 Å². The van der Waals surface area contributed by atoms with Crippen LogP contribution in [0.3, 0.4) is 0 Å². The van der Waals surface area contributed by atoms with Crippen molar-refractivity contribution in [1.82, 2.24) is 20.4 Å². The number of nitrogens with one attached hydrogen (secondary N) is 2. The Bertz CT molecular complexity index is 1270. The zero-order valence-electron chi connectivity index (χ0n) is 18.3. The molecule has 0 aliphatic heterocycles. The second-order valence-corrected chi connectivity index (χ2v) is 8.76. The molecule has 0 radical (unpaired) electrons. The lowest BCUT2D eigenvalue weighted by Crippen LogP contribution is -2.25. The van der Waals surface area contributed by atoms with Gasteiger partial charge < -0.3 is 16.4 Å². The lowest BCUT2D eigenvalue weighted by molar-refractivity contribution is 0.0942. The van der Waals surface area contributed by atoms with E-state index in [1.165, 1.54) is 10.9 Å². The highest BCUT2D eigenvalue weighted by atomic mass is 16.2. The van der Waals surface area contributed by atoms with E-state index < -0.39 is 0 Å². The quantitative estimate of drug-likeness (QED) is 0.485. The molecule has 2 aromatic carbocycles. The van der Waals surface area contributed by atoms with Crippen molar-refractivity contribution in [2.75, 3.05) is 5.73 Å². The maximum absolute atomic E-state index is 13.2. The van der Waals surface area contributed by atoms with Crippen molar-refractivity contribution in [3.05, 3.63) is 76.5 Å². The Morgan fingerprint density at radius 3 is 2.15 bits per heavy atom. The summed E-state index contributed by atoms with van der Waals surface area (Å²) < 4.78 is 1.47. The van der Waals surface area contributed by atoms with Crippen LogP contribution in [0.1, 0.15) is 67.9 Å². The first-order valence-corrected chi connectivity index (χ1v) is 11.1. The number of nitrogens with zero attached hydrogens (tertiary/aromatic N) is 2. The van der Waals surface area contributed by atoms with E-state index >= 15 is 0 Å². The van der Waals surface area contributed by atoms with Gasteiger partial charge in [-0.3, -0.25) is 14.4 Å². The molecule has 1 aromatic heterocycles. The van der Waals surface area contributed by atoms with Crippen LogP contribution in [0.15, 0.2) is 48.7 Å². The SMILES string of the molecule is Cc1ccc(C(=O)NC2CC2)cc1-n1ncc(C(=O)c2cccc(C(=O)NC3CC3)c2)c1N. The van der Waals surface area contributed by atoms with Crippen molar-refractivity contribution in [3.8, 4) is 5.69 Å². The highest BCUT2D eigenvalue weighted by Crippen LogP contribution is 2.25. The zero-order chi connectivity index (χ0) is 23.1. The number of rotatable bonds is 7. The number of aryl methyl sites for hydroxylation is 1. The van der Waals surface area contributed by atoms with E-state index in [0.717, 1.165) is 31.2 Å². The van der Waals surface area contributed by atoms with Crippen LogP contribution in [0.4, 0.5) is 5.82 Å². The fourth-order valence-corrected chi connectivity index (χ4v) is 3.65. The first kappa shape index (κ1) is 20.9. The van der Waals surface area contributed by atoms with E-state index in [1.54, 1.807) is 36.4 Å². The van der Waals surface area contributed by atoms with Crippen molar-refractivity contribution in [1.29, 1.82) is 0 Å². The molecule has 2 fully saturated rings. The van der Waals surface area contributed by atoms with E-state index in [-0.39, 0.29) is 41.1 Å². The molecular weight excluding hydrogens is 418 g/mol. The van der Waals surface area contributed by atoms with E-state index in [2.05, 4.69) is 15.7 Å². The van der Waals surface area contributed by atoms with Gasteiger partial charge in [0.15, 0.2) is 5.78 Å². The Morgan fingerprint density at radius 2 is 1.52 bits per heavy atom. The first-order valence-electron chi connectivity index (χ1n) is 11.1. The standard InChI is InChI=1S/C25H25N5O3/c1-14-5-6-17(25(33)29-19-9-10-19)12-21(14)30-23(26)20(13-27-30)22(31)15-3-2-4-16(11-15)24(32)28-18-7-8-18/h2-6,11-13,18-19H,7-10,26H2,1H3,(H,28,32)(H,29,33). The minimum atomic E-state index is -0.319. The molecule has 0 unspecified atom stereocenters. The smallest absolute Gasteiger partial charge is 0.251 e. The van der Waals surface area contributed by atoms with Gasteiger partial charge in [-0.15, -0.1) is 0 Å². The summed E-state index contributed by atoms with van der Waals surface area (Å²) in [6.45, 7) is 1.89. The van der Waals surface area contributed by atoms with Crippen molar-refractivity contribution in [2.24, 2.45) is 0 Å². The van der Waals surface area contributed by atoms with Crippen LogP contribution in [-0.2, 0) is 0 Å². The molecule has 4 N–H and O–H groups in total. The van der Waals surface area contributed by atoms with E-state index in [9.17, 15) is 14.4 Å². The number of anilines is 1. The van der Waals surface area contributed by atoms with Crippen LogP contribution < -0.4 is 16.4 Å². The number of hydrogen-bond donors (Lipinski definition) is 3. The number of carbonyl (C=O) groups is 3. The summed E-state index contributed by atoms with van der Waals surface area (Å²) in [5.41, 5.74) is 9.38. The Hall–Kier alpha value is -3.94. The normalized spacial score (nSPS) is 15.2. The molecule has 2 amide bonds. The Balaban J connectivity index is 1.42. The molecule has 0 atom stereocenters. The first-order chi connectivity index (χ1) is 15.9. The summed E-state index contributed by atoms with van der Waals surface area (Å²) in [6, 6.07) is 12.4. The molecule has 1 heterocycles. The van der Waals surface area contributed by atoms with E-state index in [0.29, 0.717) is 22.4 Å². The van der Waals surface area contributed by atoms with Crippen molar-refractivity contribution in [3.63, 3.8) is 0 Å². The summed E-state index contributed by atoms with van der Waals surface area (Å²) >= 11 is 0. The van der Waals surface area contributed by atoms with Gasteiger partial charge in [0.05, 0.1) is 17.4 Å². The number of benzene rings is 2. The van der Waals surface area contributed by atoms with E-state index in [4.69, 9.17) is 5.73 Å². The van der Waals surface area contributed by atoms with Crippen LogP contribution >= 0.6 is 0 Å². The molecule has 168 valence electrons. The number of carbonyl (C=O) groups excluding carboxylic acids is 3. The molecule has 2 saturated carbocycles. The Morgan fingerprint density at radius 1 is 0.909 bits per heavy atom. The third-order valence-corrected chi connectivity index (χ3v) is 5.96. The van der Waals surface area contributed by atoms with E-state index in [1.807, 2.05) is 13.0 Å².